The van der Waals surface area contributed by atoms with Crippen molar-refractivity contribution in [3.63, 3.8) is 0 Å². The van der Waals surface area contributed by atoms with E-state index in [1.54, 1.807) is 21.6 Å². The molecule has 2 heterocycles. The molecule has 0 bridgehead atoms. The molecule has 1 amide bonds. The van der Waals surface area contributed by atoms with Crippen molar-refractivity contribution in [1.29, 1.82) is 0 Å². The lowest BCUT2D eigenvalue weighted by atomic mass is 10.2. The minimum absolute atomic E-state index is 0.0163. The number of rotatable bonds is 20. The van der Waals surface area contributed by atoms with Gasteiger partial charge in [-0.05, 0) is 25.3 Å². The highest BCUT2D eigenvalue weighted by atomic mass is 33.1. The van der Waals surface area contributed by atoms with E-state index < -0.39 is 60.2 Å². The Hall–Kier alpha value is -1.15. The number of carbonyl (C=O) groups excluding carboxylic acids is 1. The summed E-state index contributed by atoms with van der Waals surface area (Å²) in [7, 11) is -13.5. The molecule has 1 fully saturated rings. The average Bonchev–Trinajstić information content (AvgIpc) is 3.21. The predicted octanol–water partition coefficient (Wildman–Crippen LogP) is 1.98. The van der Waals surface area contributed by atoms with E-state index in [1.807, 2.05) is 0 Å². The first-order valence-electron chi connectivity index (χ1n) is 12.4. The average molecular weight is 716 g/mol. The molecule has 5 atom stereocenters. The van der Waals surface area contributed by atoms with Gasteiger partial charge in [-0.2, -0.15) is 13.6 Å². The smallest absolute Gasteiger partial charge is 0.481 e. The van der Waals surface area contributed by atoms with Gasteiger partial charge < -0.3 is 39.8 Å². The lowest BCUT2D eigenvalue weighted by molar-refractivity contribution is -0.137. The molecule has 43 heavy (non-hydrogen) atoms. The number of nitrogens with one attached hydrogen (secondary N) is 1. The van der Waals surface area contributed by atoms with Crippen LogP contribution in [0.5, 0.6) is 0 Å². The van der Waals surface area contributed by atoms with E-state index in [2.05, 4.69) is 23.4 Å². The van der Waals surface area contributed by atoms with E-state index in [1.165, 1.54) is 12.3 Å². The van der Waals surface area contributed by atoms with Crippen LogP contribution in [-0.4, -0.2) is 81.5 Å². The number of ether oxygens (including phenoxy) is 1. The van der Waals surface area contributed by atoms with E-state index in [0.29, 0.717) is 18.6 Å². The highest BCUT2D eigenvalue weighted by Gasteiger charge is 2.43. The summed E-state index contributed by atoms with van der Waals surface area (Å²) in [6, 6.07) is 1.32. The molecule has 0 radical (unpaired) electrons. The van der Waals surface area contributed by atoms with Gasteiger partial charge in [-0.1, -0.05) is 28.0 Å². The normalized spacial score (nSPS) is 21.7. The number of hydrogen-bond acceptors (Lipinski definition) is 14. The van der Waals surface area contributed by atoms with E-state index >= 15 is 0 Å². The Morgan fingerprint density at radius 1 is 1.02 bits per heavy atom. The number of phosphoric ester groups is 1. The number of unbranched alkanes of at least 4 members (excludes halogenated alkanes) is 2. The fourth-order valence-electron chi connectivity index (χ4n) is 3.44. The number of aromatic nitrogens is 2. The predicted molar refractivity (Wildman–Crippen MR) is 152 cm³/mol. The van der Waals surface area contributed by atoms with Gasteiger partial charge >= 0.3 is 35.1 Å². The number of phosphoric acid groups is 3. The van der Waals surface area contributed by atoms with Crippen LogP contribution in [0.4, 0.5) is 5.82 Å². The topological polar surface area (TPSA) is 291 Å². The number of carboxylic acids is 1. The van der Waals surface area contributed by atoms with Crippen LogP contribution in [-0.2, 0) is 41.2 Å². The number of aliphatic hydroxyl groups excluding tert-OH is 1. The van der Waals surface area contributed by atoms with Crippen LogP contribution in [0.15, 0.2) is 17.1 Å². The summed E-state index contributed by atoms with van der Waals surface area (Å²) in [5.41, 5.74) is -0.848. The SMILES string of the molecule is O=C(O)CCCCCSSCCCC(=O)Nc1ccn([C@H]2C[C@@H](O)[C@@H](COP(=O)(O)OP(=O)(O)OP(=O)(O)O)O2)c(=O)n1. The first-order valence-corrected chi connectivity index (χ1v) is 19.4. The first-order chi connectivity index (χ1) is 20.0. The molecule has 7 N–H and O–H groups in total. The van der Waals surface area contributed by atoms with E-state index in [-0.39, 0.29) is 31.0 Å². The molecule has 1 aliphatic rings. The van der Waals surface area contributed by atoms with Gasteiger partial charge in [-0.3, -0.25) is 18.7 Å². The molecule has 1 saturated heterocycles. The highest BCUT2D eigenvalue weighted by molar-refractivity contribution is 8.76. The van der Waals surface area contributed by atoms with Crippen LogP contribution < -0.4 is 11.0 Å². The van der Waals surface area contributed by atoms with Crippen LogP contribution in [0.25, 0.3) is 0 Å². The Bertz CT molecular complexity index is 1300. The Labute approximate surface area is 252 Å². The van der Waals surface area contributed by atoms with Gasteiger partial charge in [-0.15, -0.1) is 0 Å². The minimum atomic E-state index is -5.72. The van der Waals surface area contributed by atoms with Crippen LogP contribution in [0.3, 0.4) is 0 Å². The second kappa shape index (κ2) is 17.5. The number of carboxylic acid groups (broad SMARTS) is 1. The van der Waals surface area contributed by atoms with Crippen LogP contribution in [0, 0.1) is 0 Å². The number of nitrogens with zero attached hydrogens (tertiary/aromatic N) is 2. The summed E-state index contributed by atoms with van der Waals surface area (Å²) in [6.45, 7) is -0.902. The fraction of sp³-hybridized carbons (Fsp3) is 0.684. The monoisotopic (exact) mass is 715 g/mol. The van der Waals surface area contributed by atoms with E-state index in [0.717, 1.165) is 23.2 Å². The minimum Gasteiger partial charge on any atom is -0.481 e. The summed E-state index contributed by atoms with van der Waals surface area (Å²) in [5.74, 6) is 0.423. The number of carbonyl (C=O) groups is 2. The van der Waals surface area contributed by atoms with Crippen molar-refractivity contribution < 1.29 is 71.0 Å². The van der Waals surface area contributed by atoms with E-state index in [4.69, 9.17) is 19.6 Å². The maximum absolute atomic E-state index is 12.5. The van der Waals surface area contributed by atoms with E-state index in [9.17, 15) is 43.0 Å². The molecule has 1 aromatic rings. The Morgan fingerprint density at radius 3 is 2.33 bits per heavy atom. The molecule has 24 heteroatoms. The summed E-state index contributed by atoms with van der Waals surface area (Å²) >= 11 is 0. The van der Waals surface area contributed by atoms with Gasteiger partial charge in [0.15, 0.2) is 0 Å². The molecule has 1 aliphatic heterocycles. The van der Waals surface area contributed by atoms with Gasteiger partial charge in [0.05, 0.1) is 12.7 Å². The molecule has 0 saturated carbocycles. The summed E-state index contributed by atoms with van der Waals surface area (Å²) < 4.78 is 52.1. The maximum atomic E-state index is 12.5. The van der Waals surface area contributed by atoms with Crippen LogP contribution in [0.2, 0.25) is 0 Å². The van der Waals surface area contributed by atoms with Crippen molar-refractivity contribution in [2.75, 3.05) is 23.4 Å². The Balaban J connectivity index is 1.75. The number of aliphatic hydroxyl groups is 1. The zero-order valence-electron chi connectivity index (χ0n) is 22.3. The highest BCUT2D eigenvalue weighted by Crippen LogP contribution is 2.66. The second-order valence-corrected chi connectivity index (χ2v) is 15.9. The zero-order valence-corrected chi connectivity index (χ0v) is 26.6. The van der Waals surface area contributed by atoms with Crippen molar-refractivity contribution in [3.05, 3.63) is 22.7 Å². The summed E-state index contributed by atoms with van der Waals surface area (Å²) in [6.07, 6.45) is 0.589. The van der Waals surface area contributed by atoms with Crippen molar-refractivity contribution in [1.82, 2.24) is 9.55 Å². The van der Waals surface area contributed by atoms with Crippen molar-refractivity contribution >= 4 is 62.8 Å². The molecular formula is C19H32N3O16P3S2. The third kappa shape index (κ3) is 15.6. The molecule has 2 unspecified atom stereocenters. The number of amides is 1. The second-order valence-electron chi connectivity index (χ2n) is 8.82. The maximum Gasteiger partial charge on any atom is 0.490 e. The Morgan fingerprint density at radius 2 is 1.70 bits per heavy atom. The first kappa shape index (κ1) is 38.0. The number of aliphatic carboxylic acids is 1. The molecule has 2 rings (SSSR count). The molecular weight excluding hydrogens is 683 g/mol. The molecule has 0 aromatic carbocycles. The van der Waals surface area contributed by atoms with Gasteiger partial charge in [0.1, 0.15) is 18.1 Å². The van der Waals surface area contributed by atoms with Crippen molar-refractivity contribution in [2.24, 2.45) is 0 Å². The van der Waals surface area contributed by atoms with Gasteiger partial charge in [-0.25, -0.2) is 18.5 Å². The number of anilines is 1. The molecule has 19 nitrogen and oxygen atoms in total. The summed E-state index contributed by atoms with van der Waals surface area (Å²) in [4.78, 5) is 74.8. The van der Waals surface area contributed by atoms with Crippen molar-refractivity contribution in [3.8, 4) is 0 Å². The van der Waals surface area contributed by atoms with Crippen LogP contribution >= 0.6 is 45.1 Å². The van der Waals surface area contributed by atoms with Crippen LogP contribution in [0.1, 0.15) is 51.2 Å². The lowest BCUT2D eigenvalue weighted by Crippen LogP contribution is -2.29. The standard InChI is InChI=1S/C19H32N3O16P3S2/c23-13-11-17(36-14(13)12-35-40(31,32)38-41(33,34)37-39(28,29)30)22-8-7-15(21-19(22)27)20-16(24)5-4-10-43-42-9-3-1-2-6-18(25)26/h7-8,13-14,17,23H,1-6,9-12H2,(H,25,26)(H,31,32)(H,33,34)(H2,28,29,30)(H,20,21,24,27)/t13-,14-,17-/m1/s1. The molecule has 1 aromatic heterocycles. The number of hydrogen-bond donors (Lipinski definition) is 7. The quantitative estimate of drug-likeness (QED) is 0.0577. The molecule has 246 valence electrons. The van der Waals surface area contributed by atoms with Gasteiger partial charge in [0, 0.05) is 37.0 Å². The molecule has 0 spiro atoms. The summed E-state index contributed by atoms with van der Waals surface area (Å²) in [5, 5.41) is 21.3. The van der Waals surface area contributed by atoms with Crippen molar-refractivity contribution in [2.45, 2.75) is 63.4 Å². The lowest BCUT2D eigenvalue weighted by Gasteiger charge is -2.19. The molecule has 0 aliphatic carbocycles. The Kier molecular flexibility index (Phi) is 15.5. The third-order valence-corrected chi connectivity index (χ3v) is 11.6. The fourth-order valence-corrected chi connectivity index (χ4v) is 8.70. The zero-order chi connectivity index (χ0) is 32.3. The largest absolute Gasteiger partial charge is 0.490 e. The third-order valence-electron chi connectivity index (χ3n) is 5.26. The van der Waals surface area contributed by atoms with Gasteiger partial charge in [0.25, 0.3) is 0 Å². The van der Waals surface area contributed by atoms with Gasteiger partial charge in [0.2, 0.25) is 5.91 Å².